The van der Waals surface area contributed by atoms with Crippen molar-refractivity contribution in [3.05, 3.63) is 21.4 Å². The summed E-state index contributed by atoms with van der Waals surface area (Å²) in [5, 5.41) is 11.9. The van der Waals surface area contributed by atoms with Crippen LogP contribution in [0, 0.1) is 13.8 Å². The second-order valence-electron chi connectivity index (χ2n) is 4.78. The molecule has 3 nitrogen and oxygen atoms in total. The second kappa shape index (κ2) is 7.54. The molecule has 1 unspecified atom stereocenters. The number of aliphatic hydroxyl groups excluding tert-OH is 1. The molecule has 2 N–H and O–H groups in total. The number of aryl methyl sites for hydroxylation is 3. The third kappa shape index (κ3) is 5.65. The minimum Gasteiger partial charge on any atom is -0.393 e. The van der Waals surface area contributed by atoms with Crippen LogP contribution in [0.4, 0.5) is 0 Å². The summed E-state index contributed by atoms with van der Waals surface area (Å²) >= 11 is 1.82. The first-order valence-corrected chi connectivity index (χ1v) is 7.31. The maximum absolute atomic E-state index is 11.5. The fourth-order valence-corrected chi connectivity index (χ4v) is 2.86. The molecule has 1 aromatic rings. The zero-order valence-electron chi connectivity index (χ0n) is 11.5. The van der Waals surface area contributed by atoms with Crippen LogP contribution in [0.25, 0.3) is 0 Å². The molecule has 0 bridgehead atoms. The monoisotopic (exact) mass is 269 g/mol. The van der Waals surface area contributed by atoms with Gasteiger partial charge in [-0.2, -0.15) is 0 Å². The highest BCUT2D eigenvalue weighted by atomic mass is 32.1. The highest BCUT2D eigenvalue weighted by Gasteiger charge is 2.05. The Labute approximate surface area is 113 Å². The van der Waals surface area contributed by atoms with E-state index in [1.54, 1.807) is 6.92 Å². The summed E-state index contributed by atoms with van der Waals surface area (Å²) in [6, 6.07) is 2.21. The van der Waals surface area contributed by atoms with Crippen molar-refractivity contribution in [2.24, 2.45) is 0 Å². The van der Waals surface area contributed by atoms with Crippen LogP contribution in [0.5, 0.6) is 0 Å². The van der Waals surface area contributed by atoms with Gasteiger partial charge in [0.2, 0.25) is 5.91 Å². The quantitative estimate of drug-likeness (QED) is 0.799. The number of hydrogen-bond donors (Lipinski definition) is 2. The standard InChI is InChI=1S/C14H23NO2S/c1-10(16)7-8-15-14(17)6-4-5-13-9-11(2)18-12(13)3/h9-10,16H,4-8H2,1-3H3,(H,15,17). The molecule has 18 heavy (non-hydrogen) atoms. The molecule has 0 fully saturated rings. The van der Waals surface area contributed by atoms with E-state index in [2.05, 4.69) is 25.2 Å². The predicted octanol–water partition coefficient (Wildman–Crippen LogP) is 2.57. The van der Waals surface area contributed by atoms with E-state index >= 15 is 0 Å². The van der Waals surface area contributed by atoms with Gasteiger partial charge in [-0.15, -0.1) is 11.3 Å². The van der Waals surface area contributed by atoms with Crippen LogP contribution in [0.3, 0.4) is 0 Å². The second-order valence-corrected chi connectivity index (χ2v) is 6.24. The maximum atomic E-state index is 11.5. The molecule has 1 amide bonds. The molecule has 1 rings (SSSR count). The largest absolute Gasteiger partial charge is 0.393 e. The molecular weight excluding hydrogens is 246 g/mol. The molecule has 4 heteroatoms. The molecule has 1 aromatic heterocycles. The Morgan fingerprint density at radius 1 is 1.50 bits per heavy atom. The minimum atomic E-state index is -0.346. The highest BCUT2D eigenvalue weighted by molar-refractivity contribution is 7.12. The first-order valence-electron chi connectivity index (χ1n) is 6.49. The number of nitrogens with one attached hydrogen (secondary N) is 1. The zero-order valence-corrected chi connectivity index (χ0v) is 12.3. The van der Waals surface area contributed by atoms with E-state index in [9.17, 15) is 4.79 Å². The SMILES string of the molecule is Cc1cc(CCCC(=O)NCCC(C)O)c(C)s1. The van der Waals surface area contributed by atoms with E-state index in [1.807, 2.05) is 11.3 Å². The van der Waals surface area contributed by atoms with Crippen LogP contribution < -0.4 is 5.32 Å². The third-order valence-electron chi connectivity index (χ3n) is 2.88. The molecule has 0 aliphatic carbocycles. The number of carbonyl (C=O) groups is 1. The van der Waals surface area contributed by atoms with Crippen LogP contribution in [-0.2, 0) is 11.2 Å². The molecule has 0 aliphatic rings. The van der Waals surface area contributed by atoms with Crippen LogP contribution >= 0.6 is 11.3 Å². The van der Waals surface area contributed by atoms with Crippen molar-refractivity contribution in [3.8, 4) is 0 Å². The lowest BCUT2D eigenvalue weighted by Gasteiger charge is -2.06. The number of thiophene rings is 1. The van der Waals surface area contributed by atoms with Crippen LogP contribution in [0.2, 0.25) is 0 Å². The van der Waals surface area contributed by atoms with Gasteiger partial charge >= 0.3 is 0 Å². The molecule has 0 aromatic carbocycles. The van der Waals surface area contributed by atoms with Crippen molar-refractivity contribution in [1.82, 2.24) is 5.32 Å². The average Bonchev–Trinajstić information content (AvgIpc) is 2.57. The van der Waals surface area contributed by atoms with E-state index in [-0.39, 0.29) is 12.0 Å². The average molecular weight is 269 g/mol. The topological polar surface area (TPSA) is 49.3 Å². The lowest BCUT2D eigenvalue weighted by atomic mass is 10.1. The lowest BCUT2D eigenvalue weighted by molar-refractivity contribution is -0.121. The summed E-state index contributed by atoms with van der Waals surface area (Å²) in [5.74, 6) is 0.0836. The smallest absolute Gasteiger partial charge is 0.220 e. The summed E-state index contributed by atoms with van der Waals surface area (Å²) in [7, 11) is 0. The molecule has 0 spiro atoms. The van der Waals surface area contributed by atoms with Gasteiger partial charge in [-0.1, -0.05) is 0 Å². The summed E-state index contributed by atoms with van der Waals surface area (Å²) < 4.78 is 0. The molecule has 0 aliphatic heterocycles. The number of amides is 1. The Morgan fingerprint density at radius 2 is 2.22 bits per heavy atom. The minimum absolute atomic E-state index is 0.0836. The van der Waals surface area contributed by atoms with Crippen molar-refractivity contribution in [3.63, 3.8) is 0 Å². The van der Waals surface area contributed by atoms with Gasteiger partial charge in [0.25, 0.3) is 0 Å². The zero-order chi connectivity index (χ0) is 13.5. The first-order chi connectivity index (χ1) is 8.49. The Morgan fingerprint density at radius 3 is 2.78 bits per heavy atom. The van der Waals surface area contributed by atoms with E-state index < -0.39 is 0 Å². The predicted molar refractivity (Wildman–Crippen MR) is 76.0 cm³/mol. The Hall–Kier alpha value is -0.870. The van der Waals surface area contributed by atoms with E-state index in [4.69, 9.17) is 5.11 Å². The van der Waals surface area contributed by atoms with Crippen molar-refractivity contribution in [2.75, 3.05) is 6.54 Å². The van der Waals surface area contributed by atoms with Crippen LogP contribution in [0.15, 0.2) is 6.07 Å². The summed E-state index contributed by atoms with van der Waals surface area (Å²) in [5.41, 5.74) is 1.37. The fraction of sp³-hybridized carbons (Fsp3) is 0.643. The fourth-order valence-electron chi connectivity index (χ4n) is 1.88. The van der Waals surface area contributed by atoms with E-state index in [0.717, 1.165) is 12.8 Å². The van der Waals surface area contributed by atoms with Gasteiger partial charge in [0.1, 0.15) is 0 Å². The van der Waals surface area contributed by atoms with Crippen LogP contribution in [0.1, 0.15) is 41.5 Å². The Kier molecular flexibility index (Phi) is 6.36. The van der Waals surface area contributed by atoms with Crippen LogP contribution in [-0.4, -0.2) is 23.7 Å². The third-order valence-corrected chi connectivity index (χ3v) is 3.89. The van der Waals surface area contributed by atoms with E-state index in [0.29, 0.717) is 19.4 Å². The number of aliphatic hydroxyl groups is 1. The van der Waals surface area contributed by atoms with Gasteiger partial charge < -0.3 is 10.4 Å². The highest BCUT2D eigenvalue weighted by Crippen LogP contribution is 2.22. The summed E-state index contributed by atoms with van der Waals surface area (Å²) in [6.07, 6.45) is 2.70. The molecule has 0 saturated heterocycles. The first kappa shape index (κ1) is 15.2. The Bertz CT molecular complexity index is 385. The van der Waals surface area contributed by atoms with Gasteiger partial charge in [-0.3, -0.25) is 4.79 Å². The summed E-state index contributed by atoms with van der Waals surface area (Å²) in [6.45, 7) is 6.54. The summed E-state index contributed by atoms with van der Waals surface area (Å²) in [4.78, 5) is 14.2. The van der Waals surface area contributed by atoms with Gasteiger partial charge in [0.05, 0.1) is 6.10 Å². The number of hydrogen-bond acceptors (Lipinski definition) is 3. The molecular formula is C14H23NO2S. The lowest BCUT2D eigenvalue weighted by Crippen LogP contribution is -2.26. The van der Waals surface area contributed by atoms with Gasteiger partial charge in [-0.05, 0) is 51.7 Å². The van der Waals surface area contributed by atoms with Gasteiger partial charge in [-0.25, -0.2) is 0 Å². The van der Waals surface area contributed by atoms with Gasteiger partial charge in [0.15, 0.2) is 0 Å². The normalized spacial score (nSPS) is 12.4. The van der Waals surface area contributed by atoms with Crippen molar-refractivity contribution in [1.29, 1.82) is 0 Å². The molecule has 0 radical (unpaired) electrons. The van der Waals surface area contributed by atoms with Gasteiger partial charge in [0, 0.05) is 22.7 Å². The number of rotatable bonds is 7. The van der Waals surface area contributed by atoms with Crippen molar-refractivity contribution >= 4 is 17.2 Å². The molecule has 1 heterocycles. The maximum Gasteiger partial charge on any atom is 0.220 e. The Balaban J connectivity index is 2.17. The van der Waals surface area contributed by atoms with Crippen molar-refractivity contribution in [2.45, 2.75) is 52.6 Å². The number of carbonyl (C=O) groups excluding carboxylic acids is 1. The van der Waals surface area contributed by atoms with Crippen molar-refractivity contribution < 1.29 is 9.90 Å². The molecule has 1 atom stereocenters. The molecule has 0 saturated carbocycles. The van der Waals surface area contributed by atoms with E-state index in [1.165, 1.54) is 15.3 Å². The molecule has 102 valence electrons.